The second-order valence-corrected chi connectivity index (χ2v) is 7.00. The molecule has 0 spiro atoms. The first-order valence-electron chi connectivity index (χ1n) is 9.45. The van der Waals surface area contributed by atoms with Gasteiger partial charge >= 0.3 is 0 Å². The van der Waals surface area contributed by atoms with Gasteiger partial charge < -0.3 is 14.4 Å². The monoisotopic (exact) mass is 363 g/mol. The van der Waals surface area contributed by atoms with Crippen molar-refractivity contribution in [2.45, 2.75) is 32.5 Å². The van der Waals surface area contributed by atoms with E-state index >= 15 is 0 Å². The van der Waals surface area contributed by atoms with Crippen LogP contribution in [-0.2, 0) is 11.3 Å². The van der Waals surface area contributed by atoms with E-state index in [1.165, 1.54) is 5.56 Å². The Labute approximate surface area is 160 Å². The molecule has 1 fully saturated rings. The summed E-state index contributed by atoms with van der Waals surface area (Å²) >= 11 is 0. The van der Waals surface area contributed by atoms with Crippen LogP contribution in [0.25, 0.3) is 10.9 Å². The lowest BCUT2D eigenvalue weighted by Crippen LogP contribution is -2.40. The summed E-state index contributed by atoms with van der Waals surface area (Å²) in [5, 5.41) is 1.14. The van der Waals surface area contributed by atoms with Gasteiger partial charge in [0.2, 0.25) is 0 Å². The van der Waals surface area contributed by atoms with Crippen LogP contribution in [0, 0.1) is 6.92 Å². The highest BCUT2D eigenvalue weighted by Crippen LogP contribution is 2.30. The molecule has 4 rings (SSSR count). The third kappa shape index (κ3) is 3.88. The van der Waals surface area contributed by atoms with Gasteiger partial charge in [-0.3, -0.25) is 4.98 Å². The van der Waals surface area contributed by atoms with E-state index in [-0.39, 0.29) is 6.10 Å². The van der Waals surface area contributed by atoms with Crippen LogP contribution in [0.3, 0.4) is 0 Å². The Morgan fingerprint density at radius 2 is 2.11 bits per heavy atom. The van der Waals surface area contributed by atoms with Crippen LogP contribution in [0.5, 0.6) is 5.75 Å². The van der Waals surface area contributed by atoms with E-state index in [0.717, 1.165) is 54.1 Å². The van der Waals surface area contributed by atoms with Gasteiger partial charge in [-0.05, 0) is 49.6 Å². The molecule has 0 unspecified atom stereocenters. The minimum absolute atomic E-state index is 0.191. The number of benzene rings is 1. The summed E-state index contributed by atoms with van der Waals surface area (Å²) in [6.07, 6.45) is 4.16. The van der Waals surface area contributed by atoms with Gasteiger partial charge in [-0.15, -0.1) is 0 Å². The number of pyridine rings is 2. The average Bonchev–Trinajstić information content (AvgIpc) is 2.73. The Hall–Kier alpha value is -2.66. The van der Waals surface area contributed by atoms with Gasteiger partial charge in [-0.25, -0.2) is 4.98 Å². The zero-order chi connectivity index (χ0) is 18.6. The number of nitrogens with zero attached hydrogens (tertiary/aromatic N) is 3. The van der Waals surface area contributed by atoms with Crippen LogP contribution < -0.4 is 9.64 Å². The van der Waals surface area contributed by atoms with Crippen molar-refractivity contribution in [2.75, 3.05) is 25.1 Å². The predicted molar refractivity (Wildman–Crippen MR) is 107 cm³/mol. The van der Waals surface area contributed by atoms with E-state index < -0.39 is 0 Å². The molecule has 3 aromatic rings. The molecule has 5 nitrogen and oxygen atoms in total. The molecular weight excluding hydrogens is 338 g/mol. The first-order chi connectivity index (χ1) is 13.2. The smallest absolute Gasteiger partial charge is 0.145 e. The van der Waals surface area contributed by atoms with Crippen LogP contribution >= 0.6 is 0 Å². The number of piperidine rings is 1. The van der Waals surface area contributed by atoms with Crippen LogP contribution in [0.4, 0.5) is 5.82 Å². The summed E-state index contributed by atoms with van der Waals surface area (Å²) in [6, 6.07) is 14.2. The van der Waals surface area contributed by atoms with Gasteiger partial charge in [0.25, 0.3) is 0 Å². The third-order valence-electron chi connectivity index (χ3n) is 5.11. The fraction of sp³-hybridized carbons (Fsp3) is 0.364. The molecular formula is C22H25N3O2. The molecule has 1 atom stereocenters. The maximum absolute atomic E-state index is 6.13. The Balaban J connectivity index is 1.52. The summed E-state index contributed by atoms with van der Waals surface area (Å²) in [4.78, 5) is 11.6. The highest BCUT2D eigenvalue weighted by atomic mass is 16.5. The molecule has 1 aliphatic rings. The van der Waals surface area contributed by atoms with E-state index in [4.69, 9.17) is 14.5 Å². The maximum atomic E-state index is 6.13. The molecule has 2 aromatic heterocycles. The van der Waals surface area contributed by atoms with Gasteiger partial charge in [0.05, 0.1) is 25.5 Å². The second-order valence-electron chi connectivity index (χ2n) is 7.00. The van der Waals surface area contributed by atoms with Gasteiger partial charge in [-0.1, -0.05) is 18.2 Å². The SMILES string of the molecule is COc1cccc2c(C)cc(N3CCC[C@H](OCc4ccccn4)C3)nc12. The summed E-state index contributed by atoms with van der Waals surface area (Å²) < 4.78 is 11.6. The predicted octanol–water partition coefficient (Wildman–Crippen LogP) is 4.13. The number of aromatic nitrogens is 2. The first-order valence-corrected chi connectivity index (χ1v) is 9.45. The number of anilines is 1. The zero-order valence-electron chi connectivity index (χ0n) is 15.9. The summed E-state index contributed by atoms with van der Waals surface area (Å²) in [7, 11) is 1.70. The van der Waals surface area contributed by atoms with Crippen LogP contribution in [0.2, 0.25) is 0 Å². The number of rotatable bonds is 5. The highest BCUT2D eigenvalue weighted by molar-refractivity contribution is 5.88. The Morgan fingerprint density at radius 1 is 1.19 bits per heavy atom. The van der Waals surface area contributed by atoms with Gasteiger partial charge in [-0.2, -0.15) is 0 Å². The summed E-state index contributed by atoms with van der Waals surface area (Å²) in [5.74, 6) is 1.81. The summed E-state index contributed by atoms with van der Waals surface area (Å²) in [5.41, 5.74) is 3.11. The Morgan fingerprint density at radius 3 is 2.93 bits per heavy atom. The van der Waals surface area contributed by atoms with Crippen molar-refractivity contribution in [1.82, 2.24) is 9.97 Å². The molecule has 27 heavy (non-hydrogen) atoms. The molecule has 5 heteroatoms. The first kappa shape index (κ1) is 17.7. The number of methoxy groups -OCH3 is 1. The lowest BCUT2D eigenvalue weighted by molar-refractivity contribution is 0.0297. The molecule has 1 aliphatic heterocycles. The zero-order valence-corrected chi connectivity index (χ0v) is 15.9. The quantitative estimate of drug-likeness (QED) is 0.682. The van der Waals surface area contributed by atoms with Crippen molar-refractivity contribution in [1.29, 1.82) is 0 Å². The molecule has 0 bridgehead atoms. The van der Waals surface area contributed by atoms with E-state index in [2.05, 4.69) is 28.9 Å². The number of ether oxygens (including phenoxy) is 2. The fourth-order valence-corrected chi connectivity index (χ4v) is 3.67. The average molecular weight is 363 g/mol. The topological polar surface area (TPSA) is 47.5 Å². The fourth-order valence-electron chi connectivity index (χ4n) is 3.67. The maximum Gasteiger partial charge on any atom is 0.145 e. The van der Waals surface area contributed by atoms with Crippen molar-refractivity contribution in [3.63, 3.8) is 0 Å². The Bertz CT molecular complexity index is 914. The van der Waals surface area contributed by atoms with Crippen molar-refractivity contribution in [3.8, 4) is 5.75 Å². The molecule has 140 valence electrons. The van der Waals surface area contributed by atoms with Crippen molar-refractivity contribution < 1.29 is 9.47 Å². The molecule has 1 saturated heterocycles. The van der Waals surface area contributed by atoms with E-state index in [1.807, 2.05) is 30.3 Å². The molecule has 0 aliphatic carbocycles. The summed E-state index contributed by atoms with van der Waals surface area (Å²) in [6.45, 7) is 4.53. The van der Waals surface area contributed by atoms with Gasteiger partial charge in [0, 0.05) is 24.7 Å². The lowest BCUT2D eigenvalue weighted by atomic mass is 10.1. The van der Waals surface area contributed by atoms with Crippen molar-refractivity contribution in [2.24, 2.45) is 0 Å². The number of para-hydroxylation sites is 1. The second kappa shape index (κ2) is 7.92. The van der Waals surface area contributed by atoms with E-state index in [1.54, 1.807) is 13.3 Å². The number of aryl methyl sites for hydroxylation is 1. The minimum atomic E-state index is 0.191. The number of hydrogen-bond donors (Lipinski definition) is 0. The van der Waals surface area contributed by atoms with Gasteiger partial charge in [0.1, 0.15) is 17.1 Å². The minimum Gasteiger partial charge on any atom is -0.494 e. The molecule has 0 amide bonds. The van der Waals surface area contributed by atoms with E-state index in [9.17, 15) is 0 Å². The van der Waals surface area contributed by atoms with Crippen LogP contribution in [-0.4, -0.2) is 36.3 Å². The largest absolute Gasteiger partial charge is 0.494 e. The van der Waals surface area contributed by atoms with Crippen molar-refractivity contribution in [3.05, 3.63) is 59.9 Å². The van der Waals surface area contributed by atoms with E-state index in [0.29, 0.717) is 6.61 Å². The number of fused-ring (bicyclic) bond motifs is 1. The van der Waals surface area contributed by atoms with Crippen molar-refractivity contribution >= 4 is 16.7 Å². The molecule has 0 radical (unpaired) electrons. The van der Waals surface area contributed by atoms with Crippen LogP contribution in [0.15, 0.2) is 48.7 Å². The third-order valence-corrected chi connectivity index (χ3v) is 5.11. The lowest BCUT2D eigenvalue weighted by Gasteiger charge is -2.33. The molecule has 1 aromatic carbocycles. The van der Waals surface area contributed by atoms with Gasteiger partial charge in [0.15, 0.2) is 0 Å². The molecule has 0 saturated carbocycles. The standard InChI is InChI=1S/C22H25N3O2/c1-16-13-21(24-22-19(16)9-5-10-20(22)26-2)25-12-6-8-18(14-25)27-15-17-7-3-4-11-23-17/h3-5,7,9-11,13,18H,6,8,12,14-15H2,1-2H3/t18-/m0/s1. The Kier molecular flexibility index (Phi) is 5.21. The normalized spacial score (nSPS) is 17.3. The number of hydrogen-bond acceptors (Lipinski definition) is 5. The highest BCUT2D eigenvalue weighted by Gasteiger charge is 2.22. The molecule has 3 heterocycles. The van der Waals surface area contributed by atoms with Crippen LogP contribution in [0.1, 0.15) is 24.1 Å². The molecule has 0 N–H and O–H groups in total.